The van der Waals surface area contributed by atoms with Gasteiger partial charge in [-0.2, -0.15) is 0 Å². The van der Waals surface area contributed by atoms with Crippen molar-refractivity contribution in [2.75, 3.05) is 0 Å². The van der Waals surface area contributed by atoms with Crippen LogP contribution in [-0.2, 0) is 0 Å². The molecule has 0 spiro atoms. The van der Waals surface area contributed by atoms with Crippen molar-refractivity contribution in [3.63, 3.8) is 0 Å². The molecule has 0 aliphatic heterocycles. The summed E-state index contributed by atoms with van der Waals surface area (Å²) in [4.78, 5) is 2.61. The number of fused-ring (bicyclic) bond motifs is 1. The molecule has 0 bridgehead atoms. The summed E-state index contributed by atoms with van der Waals surface area (Å²) in [6, 6.07) is 5.00. The number of benzene rings is 1. The first-order chi connectivity index (χ1) is 5.29. The maximum atomic E-state index is 9.25. The predicted molar refractivity (Wildman–Crippen MR) is 41.6 cm³/mol. The zero-order chi connectivity index (χ0) is 7.84. The third-order valence-electron chi connectivity index (χ3n) is 1.69. The van der Waals surface area contributed by atoms with Crippen molar-refractivity contribution in [2.45, 2.75) is 0 Å². The zero-order valence-corrected chi connectivity index (χ0v) is 5.70. The second-order valence-electron chi connectivity index (χ2n) is 2.38. The maximum absolute atomic E-state index is 9.25. The van der Waals surface area contributed by atoms with Crippen molar-refractivity contribution in [2.24, 2.45) is 0 Å². The molecule has 3 heteroatoms. The van der Waals surface area contributed by atoms with E-state index in [1.54, 1.807) is 24.4 Å². The number of nitrogens with one attached hydrogen (secondary N) is 1. The lowest BCUT2D eigenvalue weighted by Crippen LogP contribution is -1.65. The van der Waals surface area contributed by atoms with Gasteiger partial charge in [0.25, 0.3) is 0 Å². The molecule has 3 N–H and O–H groups in total. The van der Waals surface area contributed by atoms with Gasteiger partial charge in [0.2, 0.25) is 0 Å². The molecule has 0 saturated carbocycles. The number of hydrogen-bond acceptors (Lipinski definition) is 2. The molecule has 0 saturated heterocycles. The highest BCUT2D eigenvalue weighted by molar-refractivity contribution is 5.91. The lowest BCUT2D eigenvalue weighted by Gasteiger charge is -1.91. The highest BCUT2D eigenvalue weighted by Crippen LogP contribution is 2.29. The van der Waals surface area contributed by atoms with Gasteiger partial charge >= 0.3 is 0 Å². The number of phenolic OH excluding ortho intramolecular Hbond substituents is 1. The number of rotatable bonds is 0. The van der Waals surface area contributed by atoms with Gasteiger partial charge in [0.05, 0.1) is 0 Å². The van der Waals surface area contributed by atoms with Gasteiger partial charge in [0, 0.05) is 17.0 Å². The minimum atomic E-state index is 0.0934. The van der Waals surface area contributed by atoms with Crippen LogP contribution in [0.5, 0.6) is 11.6 Å². The number of H-pyrrole nitrogens is 1. The fourth-order valence-electron chi connectivity index (χ4n) is 1.13. The molecule has 2 aromatic rings. The average Bonchev–Trinajstić information content (AvgIpc) is 2.35. The lowest BCUT2D eigenvalue weighted by atomic mass is 10.2. The summed E-state index contributed by atoms with van der Waals surface area (Å²) >= 11 is 0. The number of phenols is 1. The van der Waals surface area contributed by atoms with Crippen LogP contribution in [0.1, 0.15) is 0 Å². The van der Waals surface area contributed by atoms with E-state index < -0.39 is 0 Å². The molecule has 0 unspecified atom stereocenters. The number of aromatic hydroxyl groups is 2. The lowest BCUT2D eigenvalue weighted by molar-refractivity contribution is 0.462. The van der Waals surface area contributed by atoms with Gasteiger partial charge in [0.1, 0.15) is 5.75 Å². The summed E-state index contributed by atoms with van der Waals surface area (Å²) in [5.74, 6) is 0.273. The maximum Gasteiger partial charge on any atom is 0.196 e. The van der Waals surface area contributed by atoms with Gasteiger partial charge < -0.3 is 15.2 Å². The van der Waals surface area contributed by atoms with E-state index in [0.29, 0.717) is 10.8 Å². The molecule has 1 heterocycles. The molecule has 0 radical (unpaired) electrons. The van der Waals surface area contributed by atoms with Crippen molar-refractivity contribution in [1.29, 1.82) is 0 Å². The van der Waals surface area contributed by atoms with Crippen LogP contribution in [0.3, 0.4) is 0 Å². The molecule has 0 aliphatic rings. The third-order valence-corrected chi connectivity index (χ3v) is 1.69. The number of aromatic nitrogens is 1. The van der Waals surface area contributed by atoms with Gasteiger partial charge in [-0.05, 0) is 12.1 Å². The normalized spacial score (nSPS) is 10.5. The molecular weight excluding hydrogens is 142 g/mol. The largest absolute Gasteiger partial charge is 0.507 e. The summed E-state index contributed by atoms with van der Waals surface area (Å²) in [7, 11) is 0. The topological polar surface area (TPSA) is 56.2 Å². The predicted octanol–water partition coefficient (Wildman–Crippen LogP) is 1.58. The molecule has 3 nitrogen and oxygen atoms in total. The summed E-state index contributed by atoms with van der Waals surface area (Å²) in [5, 5.41) is 19.7. The Bertz CT molecular complexity index is 392. The van der Waals surface area contributed by atoms with E-state index in [2.05, 4.69) is 4.98 Å². The Morgan fingerprint density at radius 1 is 1.09 bits per heavy atom. The van der Waals surface area contributed by atoms with Gasteiger partial charge in [0.15, 0.2) is 5.88 Å². The highest BCUT2D eigenvalue weighted by atomic mass is 16.3. The second kappa shape index (κ2) is 1.92. The van der Waals surface area contributed by atoms with Gasteiger partial charge in [-0.15, -0.1) is 0 Å². The van der Waals surface area contributed by atoms with E-state index in [1.807, 2.05) is 0 Å². The smallest absolute Gasteiger partial charge is 0.196 e. The van der Waals surface area contributed by atoms with Crippen LogP contribution < -0.4 is 0 Å². The molecule has 56 valence electrons. The summed E-state index contributed by atoms with van der Waals surface area (Å²) in [5.41, 5.74) is 0. The Labute approximate surface area is 62.9 Å². The molecular formula is C8H7NO2. The van der Waals surface area contributed by atoms with Crippen LogP contribution in [0.15, 0.2) is 24.4 Å². The Morgan fingerprint density at radius 2 is 1.91 bits per heavy atom. The van der Waals surface area contributed by atoms with E-state index in [-0.39, 0.29) is 11.6 Å². The molecule has 0 amide bonds. The van der Waals surface area contributed by atoms with Crippen LogP contribution in [-0.4, -0.2) is 15.2 Å². The van der Waals surface area contributed by atoms with E-state index in [1.165, 1.54) is 0 Å². The first-order valence-electron chi connectivity index (χ1n) is 3.27. The van der Waals surface area contributed by atoms with E-state index in [9.17, 15) is 5.11 Å². The number of aromatic amines is 1. The van der Waals surface area contributed by atoms with Crippen molar-refractivity contribution >= 4 is 10.8 Å². The summed E-state index contributed by atoms with van der Waals surface area (Å²) < 4.78 is 0. The molecule has 1 aromatic carbocycles. The van der Waals surface area contributed by atoms with Crippen LogP contribution >= 0.6 is 0 Å². The van der Waals surface area contributed by atoms with Crippen LogP contribution in [0.4, 0.5) is 0 Å². The molecule has 2 rings (SSSR count). The quantitative estimate of drug-likeness (QED) is 0.532. The fourth-order valence-corrected chi connectivity index (χ4v) is 1.13. The third kappa shape index (κ3) is 0.741. The first kappa shape index (κ1) is 6.09. The zero-order valence-electron chi connectivity index (χ0n) is 5.70. The highest BCUT2D eigenvalue weighted by Gasteiger charge is 2.03. The van der Waals surface area contributed by atoms with Gasteiger partial charge in [-0.25, -0.2) is 0 Å². The first-order valence-corrected chi connectivity index (χ1v) is 3.27. The van der Waals surface area contributed by atoms with Crippen molar-refractivity contribution in [3.05, 3.63) is 24.4 Å². The average molecular weight is 149 g/mol. The van der Waals surface area contributed by atoms with Crippen LogP contribution in [0, 0.1) is 0 Å². The second-order valence-corrected chi connectivity index (χ2v) is 2.38. The Balaban J connectivity index is 2.94. The molecule has 0 aliphatic carbocycles. The Hall–Kier alpha value is -1.64. The van der Waals surface area contributed by atoms with Crippen LogP contribution in [0.25, 0.3) is 10.8 Å². The Kier molecular flexibility index (Phi) is 1.06. The standard InChI is InChI=1S/C8H7NO2/c10-7-3-1-2-5-6(7)4-9-8(5)11/h1-4,9-11H. The number of hydrogen-bond donors (Lipinski definition) is 3. The van der Waals surface area contributed by atoms with Crippen molar-refractivity contribution in [1.82, 2.24) is 4.98 Å². The fraction of sp³-hybridized carbons (Fsp3) is 0. The minimum Gasteiger partial charge on any atom is -0.507 e. The van der Waals surface area contributed by atoms with E-state index >= 15 is 0 Å². The van der Waals surface area contributed by atoms with Gasteiger partial charge in [-0.1, -0.05) is 6.07 Å². The van der Waals surface area contributed by atoms with Crippen LogP contribution in [0.2, 0.25) is 0 Å². The Morgan fingerprint density at radius 3 is 2.64 bits per heavy atom. The van der Waals surface area contributed by atoms with Gasteiger partial charge in [-0.3, -0.25) is 0 Å². The molecule has 11 heavy (non-hydrogen) atoms. The summed E-state index contributed by atoms with van der Waals surface area (Å²) in [6.07, 6.45) is 1.57. The van der Waals surface area contributed by atoms with Crippen molar-refractivity contribution in [3.8, 4) is 11.6 Å². The summed E-state index contributed by atoms with van der Waals surface area (Å²) in [6.45, 7) is 0. The monoisotopic (exact) mass is 149 g/mol. The molecule has 0 fully saturated rings. The van der Waals surface area contributed by atoms with E-state index in [4.69, 9.17) is 5.11 Å². The molecule has 1 aromatic heterocycles. The SMILES string of the molecule is Oc1cccc2c(O)[nH]cc12. The van der Waals surface area contributed by atoms with E-state index in [0.717, 1.165) is 0 Å². The minimum absolute atomic E-state index is 0.0934. The van der Waals surface area contributed by atoms with Crippen molar-refractivity contribution < 1.29 is 10.2 Å². The molecule has 0 atom stereocenters.